The quantitative estimate of drug-likeness (QED) is 0.0151. The minimum atomic E-state index is -4.64. The molecule has 0 saturated carbocycles. The van der Waals surface area contributed by atoms with Gasteiger partial charge in [0.05, 0.1) is 25.9 Å². The molecular weight excluding hydrogens is 796 g/mol. The van der Waals surface area contributed by atoms with E-state index in [4.69, 9.17) is 23.6 Å². The highest BCUT2D eigenvalue weighted by Crippen LogP contribution is 2.43. The van der Waals surface area contributed by atoms with Gasteiger partial charge >= 0.3 is 19.8 Å². The molecule has 0 aliphatic rings. The van der Waals surface area contributed by atoms with Crippen LogP contribution in [0.5, 0.6) is 0 Å². The Hall–Kier alpha value is -1.85. The van der Waals surface area contributed by atoms with Crippen molar-refractivity contribution in [2.24, 2.45) is 5.92 Å². The number of ether oxygens (including phenoxy) is 2. The smallest absolute Gasteiger partial charge is 0.462 e. The van der Waals surface area contributed by atoms with E-state index in [1.165, 1.54) is 103 Å². The van der Waals surface area contributed by atoms with Gasteiger partial charge in [0.1, 0.15) is 12.7 Å². The third kappa shape index (κ3) is 43.2. The second-order valence-electron chi connectivity index (χ2n) is 16.9. The summed E-state index contributed by atoms with van der Waals surface area (Å²) in [4.78, 5) is 35.1. The molecule has 3 unspecified atom stereocenters. The average molecular weight is 887 g/mol. The number of rotatable bonds is 45. The number of unbranched alkanes of at least 4 members (excludes halogenated alkanes) is 22. The number of carbonyl (C=O) groups excluding carboxylic acids is 2. The van der Waals surface area contributed by atoms with E-state index in [9.17, 15) is 29.3 Å². The number of aliphatic hydroxyl groups excluding tert-OH is 3. The molecule has 0 aliphatic carbocycles. The van der Waals surface area contributed by atoms with Crippen LogP contribution in [0.2, 0.25) is 0 Å². The molecule has 12 heteroatoms. The van der Waals surface area contributed by atoms with Crippen LogP contribution in [0, 0.1) is 5.92 Å². The summed E-state index contributed by atoms with van der Waals surface area (Å²) in [6.07, 6.45) is 41.5. The van der Waals surface area contributed by atoms with Crippen molar-refractivity contribution in [2.75, 3.05) is 26.4 Å². The summed E-state index contributed by atoms with van der Waals surface area (Å²) < 4.78 is 32.8. The Morgan fingerprint density at radius 3 is 1.62 bits per heavy atom. The molecule has 358 valence electrons. The third-order valence-corrected chi connectivity index (χ3v) is 11.9. The lowest BCUT2D eigenvalue weighted by Crippen LogP contribution is -2.29. The first kappa shape index (κ1) is 59.1. The molecule has 0 rings (SSSR count). The van der Waals surface area contributed by atoms with Crippen LogP contribution in [0.3, 0.4) is 0 Å². The Kier molecular flexibility index (Phi) is 42.1. The monoisotopic (exact) mass is 887 g/mol. The van der Waals surface area contributed by atoms with Gasteiger partial charge < -0.3 is 29.7 Å². The Morgan fingerprint density at radius 1 is 0.607 bits per heavy atom. The topological polar surface area (TPSA) is 169 Å². The lowest BCUT2D eigenvalue weighted by Gasteiger charge is -2.20. The van der Waals surface area contributed by atoms with Crippen LogP contribution < -0.4 is 0 Å². The first-order valence-electron chi connectivity index (χ1n) is 24.4. The fraction of sp³-hybridized carbons (Fsp3) is 0.837. The van der Waals surface area contributed by atoms with Gasteiger partial charge in [-0.05, 0) is 44.4 Å². The summed E-state index contributed by atoms with van der Waals surface area (Å²) in [6.45, 7) is 4.54. The van der Waals surface area contributed by atoms with Crippen molar-refractivity contribution >= 4 is 19.8 Å². The van der Waals surface area contributed by atoms with E-state index in [2.05, 4.69) is 26.8 Å². The molecule has 0 heterocycles. The van der Waals surface area contributed by atoms with Crippen molar-refractivity contribution in [2.45, 2.75) is 232 Å². The molecule has 0 fully saturated rings. The van der Waals surface area contributed by atoms with Crippen molar-refractivity contribution in [3.05, 3.63) is 36.5 Å². The van der Waals surface area contributed by atoms with Crippen LogP contribution in [-0.2, 0) is 32.7 Å². The van der Waals surface area contributed by atoms with E-state index in [1.807, 2.05) is 24.3 Å². The van der Waals surface area contributed by atoms with Gasteiger partial charge in [-0.1, -0.05) is 198 Å². The van der Waals surface area contributed by atoms with E-state index in [0.29, 0.717) is 19.3 Å². The number of hydrogen-bond acceptors (Lipinski definition) is 10. The second-order valence-corrected chi connectivity index (χ2v) is 18.4. The van der Waals surface area contributed by atoms with E-state index >= 15 is 0 Å². The van der Waals surface area contributed by atoms with Gasteiger partial charge in [-0.25, -0.2) is 4.57 Å². The van der Waals surface area contributed by atoms with Gasteiger partial charge in [-0.3, -0.25) is 18.6 Å². The van der Waals surface area contributed by atoms with E-state index < -0.39 is 57.9 Å². The zero-order valence-electron chi connectivity index (χ0n) is 38.9. The van der Waals surface area contributed by atoms with Crippen LogP contribution in [0.25, 0.3) is 0 Å². The lowest BCUT2D eigenvalue weighted by atomic mass is 9.99. The summed E-state index contributed by atoms with van der Waals surface area (Å²) in [7, 11) is -4.64. The fourth-order valence-corrected chi connectivity index (χ4v) is 7.56. The number of allylic oxidation sites excluding steroid dienone is 4. The van der Waals surface area contributed by atoms with Crippen LogP contribution in [0.1, 0.15) is 213 Å². The molecular formula is C49H91O11P. The number of phosphoric acid groups is 1. The maximum atomic E-state index is 12.7. The van der Waals surface area contributed by atoms with Gasteiger partial charge in [0.25, 0.3) is 0 Å². The first-order chi connectivity index (χ1) is 29.5. The number of hydrogen-bond donors (Lipinski definition) is 4. The highest BCUT2D eigenvalue weighted by molar-refractivity contribution is 7.47. The maximum absolute atomic E-state index is 12.7. The van der Waals surface area contributed by atoms with Crippen molar-refractivity contribution < 1.29 is 52.9 Å². The maximum Gasteiger partial charge on any atom is 0.472 e. The second kappa shape index (κ2) is 43.4. The van der Waals surface area contributed by atoms with Crippen molar-refractivity contribution in [3.8, 4) is 0 Å². The minimum Gasteiger partial charge on any atom is -0.462 e. The van der Waals surface area contributed by atoms with Crippen molar-refractivity contribution in [1.82, 2.24) is 0 Å². The molecule has 0 aliphatic heterocycles. The van der Waals surface area contributed by atoms with Crippen LogP contribution in [0.4, 0.5) is 0 Å². The molecule has 0 aromatic rings. The van der Waals surface area contributed by atoms with E-state index in [0.717, 1.165) is 63.7 Å². The Labute approximate surface area is 372 Å². The minimum absolute atomic E-state index is 0.172. The Morgan fingerprint density at radius 2 is 1.10 bits per heavy atom. The van der Waals surface area contributed by atoms with Crippen molar-refractivity contribution in [3.63, 3.8) is 0 Å². The van der Waals surface area contributed by atoms with Crippen LogP contribution in [0.15, 0.2) is 36.5 Å². The highest BCUT2D eigenvalue weighted by Gasteiger charge is 2.27. The molecule has 0 radical (unpaired) electrons. The Bertz CT molecular complexity index is 1140. The van der Waals surface area contributed by atoms with Gasteiger partial charge in [0.2, 0.25) is 0 Å². The van der Waals surface area contributed by atoms with Crippen molar-refractivity contribution in [1.29, 1.82) is 0 Å². The molecule has 11 nitrogen and oxygen atoms in total. The number of esters is 2. The zero-order valence-corrected chi connectivity index (χ0v) is 39.8. The fourth-order valence-electron chi connectivity index (χ4n) is 6.77. The van der Waals surface area contributed by atoms with Gasteiger partial charge in [0, 0.05) is 12.8 Å². The number of aliphatic hydroxyl groups is 3. The highest BCUT2D eigenvalue weighted by atomic mass is 31.2. The van der Waals surface area contributed by atoms with E-state index in [-0.39, 0.29) is 19.4 Å². The van der Waals surface area contributed by atoms with Gasteiger partial charge in [0.15, 0.2) is 6.10 Å². The summed E-state index contributed by atoms with van der Waals surface area (Å²) in [5.74, 6) is -0.0821. The molecule has 5 atom stereocenters. The van der Waals surface area contributed by atoms with Gasteiger partial charge in [-0.2, -0.15) is 0 Å². The zero-order chi connectivity index (χ0) is 45.1. The summed E-state index contributed by atoms with van der Waals surface area (Å²) in [5, 5.41) is 28.2. The predicted octanol–water partition coefficient (Wildman–Crippen LogP) is 12.3. The third-order valence-electron chi connectivity index (χ3n) is 10.9. The SMILES string of the molecule is CC/C=C/CC(O)/C=C/C=C/CCCCCCCC(=O)OC[C@H](COP(=O)(O)OC[C@@H](O)CO)OC(=O)CCCCCCCCCCCCCCCCCCCCC(C)CC. The lowest BCUT2D eigenvalue weighted by molar-refractivity contribution is -0.161. The molecule has 0 bridgehead atoms. The molecule has 0 saturated heterocycles. The predicted molar refractivity (Wildman–Crippen MR) is 248 cm³/mol. The summed E-state index contributed by atoms with van der Waals surface area (Å²) in [6, 6.07) is 0. The molecule has 0 amide bonds. The molecule has 4 N–H and O–H groups in total. The normalized spacial score (nSPS) is 15.1. The molecule has 0 aromatic carbocycles. The van der Waals surface area contributed by atoms with Gasteiger partial charge in [-0.15, -0.1) is 0 Å². The molecule has 0 aromatic heterocycles. The number of carbonyl (C=O) groups is 2. The Balaban J connectivity index is 4.22. The van der Waals surface area contributed by atoms with Crippen LogP contribution >= 0.6 is 7.82 Å². The van der Waals surface area contributed by atoms with E-state index in [1.54, 1.807) is 6.08 Å². The average Bonchev–Trinajstić information content (AvgIpc) is 3.24. The molecule has 0 spiro atoms. The van der Waals surface area contributed by atoms with Crippen LogP contribution in [-0.4, -0.2) is 76.9 Å². The largest absolute Gasteiger partial charge is 0.472 e. The molecule has 61 heavy (non-hydrogen) atoms. The summed E-state index contributed by atoms with van der Waals surface area (Å²) >= 11 is 0. The number of phosphoric ester groups is 1. The summed E-state index contributed by atoms with van der Waals surface area (Å²) in [5.41, 5.74) is 0. The first-order valence-corrected chi connectivity index (χ1v) is 25.9. The standard InChI is InChI=1S/C49H91O11P/c1-4-6-30-36-45(51)37-32-27-23-19-17-21-24-28-33-38-48(53)57-42-47(43-59-61(55,56)58-41-46(52)40-50)60-49(54)39-34-29-25-20-16-14-12-10-8-7-9-11-13-15-18-22-26-31-35-44(3)5-2/h6,23,27,30,32,37,44-47,50-52H,4-5,7-22,24-26,28-29,31,33-36,38-43H2,1-3H3,(H,55,56)/b27-23+,30-6+,37-32+/t44?,45?,46-,47+/m0/s1.